The third kappa shape index (κ3) is 2.57. The number of benzene rings is 2. The zero-order chi connectivity index (χ0) is 13.1. The van der Waals surface area contributed by atoms with Gasteiger partial charge in [0, 0.05) is 11.4 Å². The summed E-state index contributed by atoms with van der Waals surface area (Å²) in [6, 6.07) is 10.6. The van der Waals surface area contributed by atoms with Crippen molar-refractivity contribution in [3.8, 4) is 0 Å². The summed E-state index contributed by atoms with van der Waals surface area (Å²) in [6.07, 6.45) is 0. The molecular formula is C13H12FN3O. The van der Waals surface area contributed by atoms with E-state index in [4.69, 9.17) is 11.5 Å². The van der Waals surface area contributed by atoms with Crippen LogP contribution in [-0.2, 0) is 0 Å². The van der Waals surface area contributed by atoms with Crippen LogP contribution in [0.4, 0.5) is 21.5 Å². The maximum atomic E-state index is 12.8. The number of rotatable bonds is 3. The Labute approximate surface area is 103 Å². The minimum atomic E-state index is -0.577. The van der Waals surface area contributed by atoms with Crippen molar-refractivity contribution in [2.75, 3.05) is 11.1 Å². The van der Waals surface area contributed by atoms with Gasteiger partial charge in [0.15, 0.2) is 0 Å². The molecule has 18 heavy (non-hydrogen) atoms. The van der Waals surface area contributed by atoms with Crippen LogP contribution in [0.1, 0.15) is 10.4 Å². The molecule has 0 heterocycles. The summed E-state index contributed by atoms with van der Waals surface area (Å²) in [7, 11) is 0. The van der Waals surface area contributed by atoms with Gasteiger partial charge in [-0.3, -0.25) is 4.79 Å². The number of primary amides is 1. The Balaban J connectivity index is 2.34. The largest absolute Gasteiger partial charge is 0.399 e. The highest BCUT2D eigenvalue weighted by atomic mass is 19.1. The Kier molecular flexibility index (Phi) is 3.14. The van der Waals surface area contributed by atoms with Crippen LogP contribution >= 0.6 is 0 Å². The minimum absolute atomic E-state index is 0.291. The van der Waals surface area contributed by atoms with Crippen molar-refractivity contribution in [1.82, 2.24) is 0 Å². The molecule has 0 bridgehead atoms. The average molecular weight is 245 g/mol. The number of carbonyl (C=O) groups excluding carboxylic acids is 1. The van der Waals surface area contributed by atoms with Crippen molar-refractivity contribution >= 4 is 23.0 Å². The first-order chi connectivity index (χ1) is 8.56. The second-order valence-corrected chi connectivity index (χ2v) is 3.80. The molecule has 1 amide bonds. The third-order valence-corrected chi connectivity index (χ3v) is 2.43. The number of hydrogen-bond acceptors (Lipinski definition) is 3. The number of hydrogen-bond donors (Lipinski definition) is 3. The maximum Gasteiger partial charge on any atom is 0.250 e. The average Bonchev–Trinajstić information content (AvgIpc) is 2.34. The van der Waals surface area contributed by atoms with Crippen LogP contribution in [0.25, 0.3) is 0 Å². The fourth-order valence-corrected chi connectivity index (χ4v) is 1.56. The van der Waals surface area contributed by atoms with Crippen molar-refractivity contribution in [1.29, 1.82) is 0 Å². The Bertz CT molecular complexity index is 581. The van der Waals surface area contributed by atoms with Crippen LogP contribution in [-0.4, -0.2) is 5.91 Å². The zero-order valence-electron chi connectivity index (χ0n) is 9.48. The van der Waals surface area contributed by atoms with Crippen molar-refractivity contribution in [2.24, 2.45) is 5.73 Å². The fourth-order valence-electron chi connectivity index (χ4n) is 1.56. The SMILES string of the molecule is NC(=O)c1cc(N)ccc1Nc1ccc(F)cc1. The molecule has 0 spiro atoms. The lowest BCUT2D eigenvalue weighted by Gasteiger charge is -2.10. The molecule has 0 saturated heterocycles. The standard InChI is InChI=1S/C13H12FN3O/c14-8-1-4-10(5-2-8)17-12-6-3-9(15)7-11(12)13(16)18/h1-7,17H,15H2,(H2,16,18). The molecule has 0 aliphatic rings. The summed E-state index contributed by atoms with van der Waals surface area (Å²) in [4.78, 5) is 11.3. The molecule has 0 aromatic heterocycles. The summed E-state index contributed by atoms with van der Waals surface area (Å²) in [5.74, 6) is -0.903. The molecular weight excluding hydrogens is 233 g/mol. The second kappa shape index (κ2) is 4.75. The van der Waals surface area contributed by atoms with Gasteiger partial charge in [0.1, 0.15) is 5.82 Å². The third-order valence-electron chi connectivity index (χ3n) is 2.43. The van der Waals surface area contributed by atoms with Gasteiger partial charge >= 0.3 is 0 Å². The van der Waals surface area contributed by atoms with Gasteiger partial charge in [-0.25, -0.2) is 4.39 Å². The van der Waals surface area contributed by atoms with E-state index in [1.54, 1.807) is 24.3 Å². The molecule has 2 rings (SSSR count). The lowest BCUT2D eigenvalue weighted by atomic mass is 10.1. The Hall–Kier alpha value is -2.56. The Morgan fingerprint density at radius 2 is 1.78 bits per heavy atom. The van der Waals surface area contributed by atoms with E-state index in [1.165, 1.54) is 18.2 Å². The molecule has 92 valence electrons. The fraction of sp³-hybridized carbons (Fsp3) is 0. The molecule has 0 unspecified atom stereocenters. The number of anilines is 3. The molecule has 2 aromatic rings. The number of nitrogens with one attached hydrogen (secondary N) is 1. The van der Waals surface area contributed by atoms with E-state index in [9.17, 15) is 9.18 Å². The molecule has 0 aliphatic heterocycles. The smallest absolute Gasteiger partial charge is 0.250 e. The van der Waals surface area contributed by atoms with Gasteiger partial charge in [0.2, 0.25) is 0 Å². The number of nitrogens with two attached hydrogens (primary N) is 2. The molecule has 2 aromatic carbocycles. The number of carbonyl (C=O) groups is 1. The van der Waals surface area contributed by atoms with Crippen molar-refractivity contribution in [2.45, 2.75) is 0 Å². The van der Waals surface area contributed by atoms with Crippen LogP contribution in [0.3, 0.4) is 0 Å². The molecule has 0 saturated carbocycles. The second-order valence-electron chi connectivity index (χ2n) is 3.80. The molecule has 0 fully saturated rings. The van der Waals surface area contributed by atoms with E-state index >= 15 is 0 Å². The van der Waals surface area contributed by atoms with Crippen LogP contribution in [0.15, 0.2) is 42.5 Å². The van der Waals surface area contributed by atoms with Gasteiger partial charge in [0.05, 0.1) is 11.3 Å². The lowest BCUT2D eigenvalue weighted by molar-refractivity contribution is 0.100. The predicted octanol–water partition coefficient (Wildman–Crippen LogP) is 2.25. The summed E-state index contributed by atoms with van der Waals surface area (Å²) in [6.45, 7) is 0. The zero-order valence-corrected chi connectivity index (χ0v) is 9.48. The van der Waals surface area contributed by atoms with E-state index in [1.807, 2.05) is 0 Å². The van der Waals surface area contributed by atoms with Crippen molar-refractivity contribution in [3.63, 3.8) is 0 Å². The first-order valence-electron chi connectivity index (χ1n) is 5.28. The molecule has 0 aliphatic carbocycles. The van der Waals surface area contributed by atoms with Gasteiger partial charge < -0.3 is 16.8 Å². The van der Waals surface area contributed by atoms with E-state index in [-0.39, 0.29) is 5.82 Å². The van der Waals surface area contributed by atoms with Crippen LogP contribution in [0.2, 0.25) is 0 Å². The highest BCUT2D eigenvalue weighted by Gasteiger charge is 2.08. The molecule has 5 heteroatoms. The number of amides is 1. The van der Waals surface area contributed by atoms with E-state index < -0.39 is 5.91 Å². The molecule has 0 atom stereocenters. The summed E-state index contributed by atoms with van der Waals surface area (Å²) < 4.78 is 12.8. The number of halogens is 1. The highest BCUT2D eigenvalue weighted by Crippen LogP contribution is 2.23. The van der Waals surface area contributed by atoms with E-state index in [2.05, 4.69) is 5.32 Å². The van der Waals surface area contributed by atoms with E-state index in [0.29, 0.717) is 22.6 Å². The van der Waals surface area contributed by atoms with Gasteiger partial charge in [-0.05, 0) is 42.5 Å². The number of nitrogen functional groups attached to an aromatic ring is 1. The lowest BCUT2D eigenvalue weighted by Crippen LogP contribution is -2.13. The molecule has 0 radical (unpaired) electrons. The Morgan fingerprint density at radius 3 is 2.39 bits per heavy atom. The monoisotopic (exact) mass is 245 g/mol. The topological polar surface area (TPSA) is 81.1 Å². The van der Waals surface area contributed by atoms with Gasteiger partial charge in [-0.2, -0.15) is 0 Å². The van der Waals surface area contributed by atoms with Crippen LogP contribution in [0.5, 0.6) is 0 Å². The summed E-state index contributed by atoms with van der Waals surface area (Å²) in [5.41, 5.74) is 12.8. The molecule has 5 N–H and O–H groups in total. The summed E-state index contributed by atoms with van der Waals surface area (Å²) >= 11 is 0. The van der Waals surface area contributed by atoms with Crippen LogP contribution in [0, 0.1) is 5.82 Å². The van der Waals surface area contributed by atoms with Crippen LogP contribution < -0.4 is 16.8 Å². The summed E-state index contributed by atoms with van der Waals surface area (Å²) in [5, 5.41) is 2.99. The normalized spacial score (nSPS) is 10.1. The minimum Gasteiger partial charge on any atom is -0.399 e. The van der Waals surface area contributed by atoms with E-state index in [0.717, 1.165) is 0 Å². The van der Waals surface area contributed by atoms with Gasteiger partial charge in [-0.15, -0.1) is 0 Å². The quantitative estimate of drug-likeness (QED) is 0.725. The maximum absolute atomic E-state index is 12.8. The highest BCUT2D eigenvalue weighted by molar-refractivity contribution is 6.00. The predicted molar refractivity (Wildman–Crippen MR) is 69.1 cm³/mol. The molecule has 4 nitrogen and oxygen atoms in total. The van der Waals surface area contributed by atoms with Gasteiger partial charge in [-0.1, -0.05) is 0 Å². The van der Waals surface area contributed by atoms with Crippen molar-refractivity contribution in [3.05, 3.63) is 53.8 Å². The Morgan fingerprint density at radius 1 is 1.11 bits per heavy atom. The first-order valence-corrected chi connectivity index (χ1v) is 5.28. The van der Waals surface area contributed by atoms with Gasteiger partial charge in [0.25, 0.3) is 5.91 Å². The first kappa shape index (κ1) is 11.9. The van der Waals surface area contributed by atoms with Crippen molar-refractivity contribution < 1.29 is 9.18 Å².